The van der Waals surface area contributed by atoms with Gasteiger partial charge in [-0.15, -0.1) is 12.4 Å². The smallest absolute Gasteiger partial charge is 0.317 e. The highest BCUT2D eigenvalue weighted by molar-refractivity contribution is 5.99. The van der Waals surface area contributed by atoms with Crippen molar-refractivity contribution in [2.45, 2.75) is 25.4 Å². The second-order valence-electron chi connectivity index (χ2n) is 5.62. The van der Waals surface area contributed by atoms with E-state index in [1.165, 1.54) is 17.0 Å². The van der Waals surface area contributed by atoms with Crippen LogP contribution in [0.3, 0.4) is 0 Å². The monoisotopic (exact) mass is 335 g/mol. The van der Waals surface area contributed by atoms with Gasteiger partial charge in [0.1, 0.15) is 11.5 Å². The second kappa shape index (κ2) is 6.04. The minimum absolute atomic E-state index is 0. The van der Waals surface area contributed by atoms with Crippen LogP contribution in [0.1, 0.15) is 25.0 Å². The van der Waals surface area contributed by atoms with E-state index in [0.29, 0.717) is 13.0 Å². The van der Waals surface area contributed by atoms with Crippen molar-refractivity contribution in [3.05, 3.63) is 23.9 Å². The SMILES string of the molecule is Cl.O=C1N(c2cccc(C(F)(F)F)n2)CCC12CCNCC2. The van der Waals surface area contributed by atoms with Gasteiger partial charge in [0.15, 0.2) is 0 Å². The molecule has 2 aliphatic rings. The van der Waals surface area contributed by atoms with Gasteiger partial charge in [-0.05, 0) is 44.5 Å². The number of carbonyl (C=O) groups excluding carboxylic acids is 1. The maximum absolute atomic E-state index is 12.7. The van der Waals surface area contributed by atoms with Gasteiger partial charge in [-0.25, -0.2) is 4.98 Å². The van der Waals surface area contributed by atoms with Crippen LogP contribution >= 0.6 is 12.4 Å². The van der Waals surface area contributed by atoms with Crippen molar-refractivity contribution < 1.29 is 18.0 Å². The number of carbonyl (C=O) groups is 1. The molecule has 2 fully saturated rings. The van der Waals surface area contributed by atoms with Gasteiger partial charge in [-0.3, -0.25) is 9.69 Å². The quantitative estimate of drug-likeness (QED) is 0.858. The van der Waals surface area contributed by atoms with Crippen LogP contribution in [0, 0.1) is 5.41 Å². The first-order valence-electron chi connectivity index (χ1n) is 6.99. The molecular formula is C14H17ClF3N3O. The molecule has 22 heavy (non-hydrogen) atoms. The van der Waals surface area contributed by atoms with E-state index in [9.17, 15) is 18.0 Å². The van der Waals surface area contributed by atoms with Gasteiger partial charge < -0.3 is 5.32 Å². The Labute approximate surface area is 132 Å². The summed E-state index contributed by atoms with van der Waals surface area (Å²) in [6.07, 6.45) is -2.33. The van der Waals surface area contributed by atoms with Crippen molar-refractivity contribution in [3.63, 3.8) is 0 Å². The van der Waals surface area contributed by atoms with Crippen molar-refractivity contribution in [2.24, 2.45) is 5.41 Å². The number of amides is 1. The number of alkyl halides is 3. The number of aromatic nitrogens is 1. The highest BCUT2D eigenvalue weighted by atomic mass is 35.5. The Balaban J connectivity index is 0.00000176. The topological polar surface area (TPSA) is 45.2 Å². The molecule has 3 rings (SSSR count). The maximum atomic E-state index is 12.7. The van der Waals surface area contributed by atoms with E-state index in [1.54, 1.807) is 0 Å². The van der Waals surface area contributed by atoms with Crippen LogP contribution < -0.4 is 10.2 Å². The average molecular weight is 336 g/mol. The molecule has 0 radical (unpaired) electrons. The molecule has 1 N–H and O–H groups in total. The van der Waals surface area contributed by atoms with Crippen molar-refractivity contribution in [3.8, 4) is 0 Å². The molecule has 4 nitrogen and oxygen atoms in total. The summed E-state index contributed by atoms with van der Waals surface area (Å²) in [6, 6.07) is 3.68. The van der Waals surface area contributed by atoms with Gasteiger partial charge in [0, 0.05) is 6.54 Å². The predicted molar refractivity (Wildman–Crippen MR) is 78.0 cm³/mol. The van der Waals surface area contributed by atoms with Crippen LogP contribution in [0.4, 0.5) is 19.0 Å². The van der Waals surface area contributed by atoms with Crippen LogP contribution in [0.5, 0.6) is 0 Å². The molecule has 122 valence electrons. The van der Waals surface area contributed by atoms with E-state index in [2.05, 4.69) is 10.3 Å². The summed E-state index contributed by atoms with van der Waals surface area (Å²) in [6.45, 7) is 1.98. The summed E-state index contributed by atoms with van der Waals surface area (Å²) in [4.78, 5) is 17.6. The van der Waals surface area contributed by atoms with Crippen LogP contribution in [0.15, 0.2) is 18.2 Å². The van der Waals surface area contributed by atoms with Crippen molar-refractivity contribution >= 4 is 24.1 Å². The minimum Gasteiger partial charge on any atom is -0.317 e. The molecule has 0 aliphatic carbocycles. The van der Waals surface area contributed by atoms with Gasteiger partial charge in [-0.1, -0.05) is 6.07 Å². The number of nitrogens with one attached hydrogen (secondary N) is 1. The zero-order chi connectivity index (χ0) is 15.1. The summed E-state index contributed by atoms with van der Waals surface area (Å²) < 4.78 is 38.2. The van der Waals surface area contributed by atoms with Crippen molar-refractivity contribution in [1.29, 1.82) is 0 Å². The summed E-state index contributed by atoms with van der Waals surface area (Å²) in [5.41, 5.74) is -1.37. The van der Waals surface area contributed by atoms with Crippen LogP contribution in [0.2, 0.25) is 0 Å². The molecule has 0 atom stereocenters. The van der Waals surface area contributed by atoms with Crippen molar-refractivity contribution in [2.75, 3.05) is 24.5 Å². The Morgan fingerprint density at radius 2 is 1.86 bits per heavy atom. The largest absolute Gasteiger partial charge is 0.433 e. The number of halogens is 4. The number of pyridine rings is 1. The number of hydrogen-bond acceptors (Lipinski definition) is 3. The fourth-order valence-electron chi connectivity index (χ4n) is 3.14. The zero-order valence-corrected chi connectivity index (χ0v) is 12.6. The van der Waals surface area contributed by atoms with E-state index in [0.717, 1.165) is 32.0 Å². The van der Waals surface area contributed by atoms with Crippen LogP contribution in [-0.2, 0) is 11.0 Å². The summed E-state index contributed by atoms with van der Waals surface area (Å²) in [5.74, 6) is 0.0149. The van der Waals surface area contributed by atoms with Gasteiger partial charge >= 0.3 is 6.18 Å². The lowest BCUT2D eigenvalue weighted by atomic mass is 9.78. The second-order valence-corrected chi connectivity index (χ2v) is 5.62. The molecule has 0 unspecified atom stereocenters. The molecule has 0 saturated carbocycles. The Morgan fingerprint density at radius 1 is 1.18 bits per heavy atom. The molecule has 1 aromatic heterocycles. The third-order valence-electron chi connectivity index (χ3n) is 4.37. The van der Waals surface area contributed by atoms with E-state index in [-0.39, 0.29) is 24.1 Å². The molecule has 0 bridgehead atoms. The molecule has 2 aliphatic heterocycles. The summed E-state index contributed by atoms with van der Waals surface area (Å²) >= 11 is 0. The Kier molecular flexibility index (Phi) is 4.67. The highest BCUT2D eigenvalue weighted by Gasteiger charge is 2.48. The molecule has 1 amide bonds. The minimum atomic E-state index is -4.49. The van der Waals surface area contributed by atoms with Gasteiger partial charge in [0.2, 0.25) is 5.91 Å². The Morgan fingerprint density at radius 3 is 2.50 bits per heavy atom. The van der Waals surface area contributed by atoms with Crippen LogP contribution in [0.25, 0.3) is 0 Å². The number of hydrogen-bond donors (Lipinski definition) is 1. The average Bonchev–Trinajstić information content (AvgIpc) is 2.76. The first-order chi connectivity index (χ1) is 9.92. The van der Waals surface area contributed by atoms with Gasteiger partial charge in [-0.2, -0.15) is 13.2 Å². The molecule has 2 saturated heterocycles. The lowest BCUT2D eigenvalue weighted by Gasteiger charge is -2.31. The van der Waals surface area contributed by atoms with Gasteiger partial charge in [0.25, 0.3) is 0 Å². The maximum Gasteiger partial charge on any atom is 0.433 e. The molecular weight excluding hydrogens is 319 g/mol. The molecule has 0 aromatic carbocycles. The number of nitrogens with zero attached hydrogens (tertiary/aromatic N) is 2. The lowest BCUT2D eigenvalue weighted by Crippen LogP contribution is -2.43. The van der Waals surface area contributed by atoms with Crippen molar-refractivity contribution in [1.82, 2.24) is 10.3 Å². The molecule has 1 spiro atoms. The Bertz CT molecular complexity index is 559. The lowest BCUT2D eigenvalue weighted by molar-refractivity contribution is -0.141. The summed E-state index contributed by atoms with van der Waals surface area (Å²) in [7, 11) is 0. The summed E-state index contributed by atoms with van der Waals surface area (Å²) in [5, 5.41) is 3.20. The molecule has 1 aromatic rings. The highest BCUT2D eigenvalue weighted by Crippen LogP contribution is 2.41. The third kappa shape index (κ3) is 2.92. The van der Waals surface area contributed by atoms with E-state index < -0.39 is 17.3 Å². The van der Waals surface area contributed by atoms with Crippen LogP contribution in [-0.4, -0.2) is 30.5 Å². The van der Waals surface area contributed by atoms with Gasteiger partial charge in [0.05, 0.1) is 5.41 Å². The zero-order valence-electron chi connectivity index (χ0n) is 11.8. The normalized spacial score (nSPS) is 21.0. The van der Waals surface area contributed by atoms with E-state index in [4.69, 9.17) is 0 Å². The van der Waals surface area contributed by atoms with E-state index >= 15 is 0 Å². The fraction of sp³-hybridized carbons (Fsp3) is 0.571. The third-order valence-corrected chi connectivity index (χ3v) is 4.37. The molecule has 8 heteroatoms. The standard InChI is InChI=1S/C14H16F3N3O.ClH/c15-14(16,17)10-2-1-3-11(19-10)20-9-6-13(12(20)21)4-7-18-8-5-13;/h1-3,18H,4-9H2;1H. The van der Waals surface area contributed by atoms with E-state index in [1.807, 2.05) is 0 Å². The fourth-order valence-corrected chi connectivity index (χ4v) is 3.14. The Hall–Kier alpha value is -1.34. The first kappa shape index (κ1) is 17.0. The first-order valence-corrected chi connectivity index (χ1v) is 6.99. The molecule has 3 heterocycles. The number of anilines is 1. The number of rotatable bonds is 1. The number of piperidine rings is 1. The predicted octanol–water partition coefficient (Wildman–Crippen LogP) is 2.63.